The molecule has 2 aromatic rings. The molecule has 0 fully saturated rings. The summed E-state index contributed by atoms with van der Waals surface area (Å²) in [4.78, 5) is 0. The van der Waals surface area contributed by atoms with Gasteiger partial charge in [-0.25, -0.2) is 8.78 Å². The number of ether oxygens (including phenoxy) is 2. The predicted octanol–water partition coefficient (Wildman–Crippen LogP) is 2.98. The van der Waals surface area contributed by atoms with E-state index in [1.165, 1.54) is 12.1 Å². The Balaban J connectivity index is 1.85. The number of hydrogen-bond acceptors (Lipinski definition) is 3. The minimum absolute atomic E-state index is 0.383. The van der Waals surface area contributed by atoms with Gasteiger partial charge in [0.2, 0.25) is 0 Å². The highest BCUT2D eigenvalue weighted by Gasteiger charge is 2.20. The average molecular weight is 291 g/mol. The molecule has 1 unspecified atom stereocenters. The molecule has 5 heteroatoms. The summed E-state index contributed by atoms with van der Waals surface area (Å²) in [5, 5.41) is 0. The molecule has 0 bridgehead atoms. The number of fused-ring (bicyclic) bond motifs is 1. The zero-order chi connectivity index (χ0) is 14.8. The maximum Gasteiger partial charge on any atom is 0.166 e. The highest BCUT2D eigenvalue weighted by atomic mass is 19.2. The first-order valence-corrected chi connectivity index (χ1v) is 6.73. The lowest BCUT2D eigenvalue weighted by atomic mass is 9.98. The van der Waals surface area contributed by atoms with Gasteiger partial charge in [-0.05, 0) is 30.2 Å². The highest BCUT2D eigenvalue weighted by molar-refractivity contribution is 5.49. The summed E-state index contributed by atoms with van der Waals surface area (Å²) in [6.45, 7) is 0.983. The molecule has 0 saturated heterocycles. The standard InChI is InChI=1S/C16H15F2NO2/c17-12-5-4-10(8-13(12)18)9-14(19)11-2-1-3-15-16(11)21-7-6-20-15/h1-5,8,14H,6-7,9,19H2. The van der Waals surface area contributed by atoms with Gasteiger partial charge in [-0.2, -0.15) is 0 Å². The smallest absolute Gasteiger partial charge is 0.166 e. The van der Waals surface area contributed by atoms with Crippen LogP contribution >= 0.6 is 0 Å². The lowest BCUT2D eigenvalue weighted by Gasteiger charge is -2.23. The van der Waals surface area contributed by atoms with Gasteiger partial charge in [0.25, 0.3) is 0 Å². The minimum Gasteiger partial charge on any atom is -0.486 e. The van der Waals surface area contributed by atoms with Crippen molar-refractivity contribution >= 4 is 0 Å². The lowest BCUT2D eigenvalue weighted by molar-refractivity contribution is 0.169. The summed E-state index contributed by atoms with van der Waals surface area (Å²) >= 11 is 0. The molecule has 0 radical (unpaired) electrons. The van der Waals surface area contributed by atoms with Crippen molar-refractivity contribution in [1.29, 1.82) is 0 Å². The third-order valence-electron chi connectivity index (χ3n) is 3.44. The molecule has 0 aromatic heterocycles. The van der Waals surface area contributed by atoms with E-state index in [0.29, 0.717) is 36.7 Å². The Labute approximate surface area is 121 Å². The van der Waals surface area contributed by atoms with Gasteiger partial charge in [0.05, 0.1) is 0 Å². The molecule has 0 spiro atoms. The second-order valence-corrected chi connectivity index (χ2v) is 4.93. The average Bonchev–Trinajstić information content (AvgIpc) is 2.50. The third kappa shape index (κ3) is 2.83. The van der Waals surface area contributed by atoms with Crippen molar-refractivity contribution in [2.24, 2.45) is 5.73 Å². The minimum atomic E-state index is -0.866. The van der Waals surface area contributed by atoms with Crippen molar-refractivity contribution in [3.05, 3.63) is 59.2 Å². The number of rotatable bonds is 3. The Morgan fingerprint density at radius 3 is 2.67 bits per heavy atom. The maximum absolute atomic E-state index is 13.2. The topological polar surface area (TPSA) is 44.5 Å². The van der Waals surface area contributed by atoms with Crippen LogP contribution in [0.25, 0.3) is 0 Å². The van der Waals surface area contributed by atoms with Gasteiger partial charge in [-0.3, -0.25) is 0 Å². The van der Waals surface area contributed by atoms with E-state index >= 15 is 0 Å². The number of hydrogen-bond donors (Lipinski definition) is 1. The molecule has 1 aliphatic heterocycles. The van der Waals surface area contributed by atoms with E-state index in [1.54, 1.807) is 0 Å². The Kier molecular flexibility index (Phi) is 3.75. The maximum atomic E-state index is 13.2. The van der Waals surface area contributed by atoms with Gasteiger partial charge in [-0.1, -0.05) is 18.2 Å². The van der Waals surface area contributed by atoms with Crippen molar-refractivity contribution in [2.45, 2.75) is 12.5 Å². The fourth-order valence-corrected chi connectivity index (χ4v) is 2.42. The molecule has 0 amide bonds. The Hall–Kier alpha value is -2.14. The van der Waals surface area contributed by atoms with Gasteiger partial charge in [0.1, 0.15) is 13.2 Å². The number of benzene rings is 2. The summed E-state index contributed by atoms with van der Waals surface area (Å²) in [6.07, 6.45) is 0.386. The van der Waals surface area contributed by atoms with Gasteiger partial charge in [0.15, 0.2) is 23.1 Å². The molecule has 2 aromatic carbocycles. The van der Waals surface area contributed by atoms with Crippen LogP contribution < -0.4 is 15.2 Å². The van der Waals surface area contributed by atoms with Crippen LogP contribution in [-0.2, 0) is 6.42 Å². The number of nitrogens with two attached hydrogens (primary N) is 1. The fourth-order valence-electron chi connectivity index (χ4n) is 2.42. The molecule has 21 heavy (non-hydrogen) atoms. The molecule has 0 aliphatic carbocycles. The van der Waals surface area contributed by atoms with Gasteiger partial charge >= 0.3 is 0 Å². The normalized spacial score (nSPS) is 14.8. The second-order valence-electron chi connectivity index (χ2n) is 4.93. The number of halogens is 2. The first kappa shape index (κ1) is 13.8. The lowest BCUT2D eigenvalue weighted by Crippen LogP contribution is -2.20. The van der Waals surface area contributed by atoms with Crippen molar-refractivity contribution < 1.29 is 18.3 Å². The summed E-state index contributed by atoms with van der Waals surface area (Å²) in [6, 6.07) is 8.95. The largest absolute Gasteiger partial charge is 0.486 e. The van der Waals surface area contributed by atoms with E-state index in [2.05, 4.69) is 0 Å². The predicted molar refractivity (Wildman–Crippen MR) is 74.4 cm³/mol. The zero-order valence-corrected chi connectivity index (χ0v) is 11.3. The van der Waals surface area contributed by atoms with Crippen LogP contribution in [0.3, 0.4) is 0 Å². The summed E-state index contributed by atoms with van der Waals surface area (Å²) < 4.78 is 37.3. The van der Waals surface area contributed by atoms with E-state index in [0.717, 1.165) is 11.6 Å². The molecule has 1 aliphatic rings. The van der Waals surface area contributed by atoms with Crippen molar-refractivity contribution in [1.82, 2.24) is 0 Å². The molecular formula is C16H15F2NO2. The molecule has 3 nitrogen and oxygen atoms in total. The summed E-state index contributed by atoms with van der Waals surface area (Å²) in [5.74, 6) is -0.422. The third-order valence-corrected chi connectivity index (χ3v) is 3.44. The monoisotopic (exact) mass is 291 g/mol. The van der Waals surface area contributed by atoms with Crippen LogP contribution in [-0.4, -0.2) is 13.2 Å². The van der Waals surface area contributed by atoms with Crippen molar-refractivity contribution in [3.63, 3.8) is 0 Å². The Morgan fingerprint density at radius 2 is 1.86 bits per heavy atom. The molecule has 2 N–H and O–H groups in total. The Bertz CT molecular complexity index is 661. The molecule has 0 saturated carbocycles. The number of para-hydroxylation sites is 1. The van der Waals surface area contributed by atoms with Crippen LogP contribution in [0, 0.1) is 11.6 Å². The molecule has 3 rings (SSSR count). The molecule has 1 atom stereocenters. The van der Waals surface area contributed by atoms with E-state index in [1.807, 2.05) is 18.2 Å². The van der Waals surface area contributed by atoms with E-state index in [9.17, 15) is 8.78 Å². The quantitative estimate of drug-likeness (QED) is 0.945. The Morgan fingerprint density at radius 1 is 1.05 bits per heavy atom. The SMILES string of the molecule is NC(Cc1ccc(F)c(F)c1)c1cccc2c1OCCO2. The first-order valence-electron chi connectivity index (χ1n) is 6.73. The van der Waals surface area contributed by atoms with E-state index in [-0.39, 0.29) is 6.04 Å². The van der Waals surface area contributed by atoms with Crippen LogP contribution in [0.2, 0.25) is 0 Å². The van der Waals surface area contributed by atoms with Crippen molar-refractivity contribution in [2.75, 3.05) is 13.2 Å². The first-order chi connectivity index (χ1) is 10.1. The van der Waals surface area contributed by atoms with E-state index in [4.69, 9.17) is 15.2 Å². The fraction of sp³-hybridized carbons (Fsp3) is 0.250. The van der Waals surface area contributed by atoms with E-state index < -0.39 is 11.6 Å². The molecular weight excluding hydrogens is 276 g/mol. The van der Waals surface area contributed by atoms with Gasteiger partial charge in [0, 0.05) is 11.6 Å². The van der Waals surface area contributed by atoms with Crippen LogP contribution in [0.1, 0.15) is 17.2 Å². The summed E-state index contributed by atoms with van der Waals surface area (Å²) in [5.41, 5.74) is 7.63. The summed E-state index contributed by atoms with van der Waals surface area (Å²) in [7, 11) is 0. The van der Waals surface area contributed by atoms with Crippen LogP contribution in [0.15, 0.2) is 36.4 Å². The van der Waals surface area contributed by atoms with Gasteiger partial charge < -0.3 is 15.2 Å². The van der Waals surface area contributed by atoms with Crippen LogP contribution in [0.5, 0.6) is 11.5 Å². The molecule has 110 valence electrons. The molecule has 1 heterocycles. The van der Waals surface area contributed by atoms with Crippen LogP contribution in [0.4, 0.5) is 8.78 Å². The highest BCUT2D eigenvalue weighted by Crippen LogP contribution is 2.37. The zero-order valence-electron chi connectivity index (χ0n) is 11.3. The van der Waals surface area contributed by atoms with Crippen molar-refractivity contribution in [3.8, 4) is 11.5 Å². The second kappa shape index (κ2) is 5.69. The van der Waals surface area contributed by atoms with Gasteiger partial charge in [-0.15, -0.1) is 0 Å².